The molecule has 0 amide bonds. The number of nitrogens with one attached hydrogen (secondary N) is 1. The van der Waals surface area contributed by atoms with E-state index in [4.69, 9.17) is 4.74 Å². The lowest BCUT2D eigenvalue weighted by atomic mass is 10.4. The topological polar surface area (TPSA) is 58.2 Å². The summed E-state index contributed by atoms with van der Waals surface area (Å²) in [5.41, 5.74) is -0.0980. The maximum atomic E-state index is 11.3. The van der Waals surface area contributed by atoms with Crippen LogP contribution in [0.15, 0.2) is 11.1 Å². The van der Waals surface area contributed by atoms with E-state index in [9.17, 15) is 4.79 Å². The first-order chi connectivity index (χ1) is 7.16. The van der Waals surface area contributed by atoms with E-state index in [2.05, 4.69) is 9.97 Å². The van der Waals surface area contributed by atoms with Crippen molar-refractivity contribution in [3.63, 3.8) is 0 Å². The van der Waals surface area contributed by atoms with Gasteiger partial charge in [0.15, 0.2) is 0 Å². The second kappa shape index (κ2) is 6.06. The summed E-state index contributed by atoms with van der Waals surface area (Å²) in [6, 6.07) is 0. The average molecular weight is 323 g/mol. The van der Waals surface area contributed by atoms with Crippen molar-refractivity contribution in [1.82, 2.24) is 9.97 Å². The van der Waals surface area contributed by atoms with Crippen LogP contribution >= 0.6 is 22.6 Å². The lowest BCUT2D eigenvalue weighted by Gasteiger charge is -2.18. The summed E-state index contributed by atoms with van der Waals surface area (Å²) < 4.78 is 5.59. The number of hydrogen-bond acceptors (Lipinski definition) is 4. The van der Waals surface area contributed by atoms with Crippen molar-refractivity contribution in [2.45, 2.75) is 6.42 Å². The molecule has 1 rings (SSSR count). The maximum Gasteiger partial charge on any atom is 0.266 e. The summed E-state index contributed by atoms with van der Waals surface area (Å²) in [5, 5.41) is 0. The highest BCUT2D eigenvalue weighted by Crippen LogP contribution is 2.13. The Morgan fingerprint density at radius 2 is 2.40 bits per heavy atom. The van der Waals surface area contributed by atoms with Crippen molar-refractivity contribution in [2.75, 3.05) is 32.2 Å². The van der Waals surface area contributed by atoms with Gasteiger partial charge in [-0.05, 0) is 29.0 Å². The Morgan fingerprint density at radius 1 is 1.67 bits per heavy atom. The largest absolute Gasteiger partial charge is 0.385 e. The van der Waals surface area contributed by atoms with Crippen LogP contribution < -0.4 is 10.5 Å². The van der Waals surface area contributed by atoms with E-state index >= 15 is 0 Å². The molecule has 0 aromatic carbocycles. The number of rotatable bonds is 5. The zero-order valence-electron chi connectivity index (χ0n) is 8.79. The van der Waals surface area contributed by atoms with Gasteiger partial charge in [-0.2, -0.15) is 0 Å². The number of anilines is 1. The van der Waals surface area contributed by atoms with Crippen LogP contribution in [0.2, 0.25) is 0 Å². The molecule has 0 unspecified atom stereocenters. The van der Waals surface area contributed by atoms with Gasteiger partial charge in [-0.25, -0.2) is 4.98 Å². The van der Waals surface area contributed by atoms with Crippen LogP contribution in [-0.2, 0) is 4.74 Å². The Kier molecular flexibility index (Phi) is 5.03. The van der Waals surface area contributed by atoms with Gasteiger partial charge in [0.2, 0.25) is 0 Å². The summed E-state index contributed by atoms with van der Waals surface area (Å²) in [4.78, 5) is 20.0. The standard InChI is InChI=1S/C9H14IN3O2/c1-13(4-3-5-15-2)8-7(10)9(14)12-6-11-8/h6H,3-5H2,1-2H3,(H,11,12,14). The molecular formula is C9H14IN3O2. The number of methoxy groups -OCH3 is 1. The van der Waals surface area contributed by atoms with Gasteiger partial charge in [0.25, 0.3) is 5.56 Å². The summed E-state index contributed by atoms with van der Waals surface area (Å²) in [6.07, 6.45) is 2.34. The molecule has 0 spiro atoms. The molecular weight excluding hydrogens is 309 g/mol. The lowest BCUT2D eigenvalue weighted by Crippen LogP contribution is -2.25. The van der Waals surface area contributed by atoms with Crippen LogP contribution in [0, 0.1) is 3.57 Å². The monoisotopic (exact) mass is 323 g/mol. The number of halogens is 1. The zero-order valence-corrected chi connectivity index (χ0v) is 10.9. The minimum Gasteiger partial charge on any atom is -0.385 e. The molecule has 1 N–H and O–H groups in total. The summed E-state index contributed by atoms with van der Waals surface area (Å²) in [6.45, 7) is 1.53. The van der Waals surface area contributed by atoms with Crippen LogP contribution in [0.1, 0.15) is 6.42 Å². The minimum atomic E-state index is -0.0980. The molecule has 1 aromatic heterocycles. The fourth-order valence-corrected chi connectivity index (χ4v) is 1.90. The first-order valence-electron chi connectivity index (χ1n) is 4.60. The highest BCUT2D eigenvalue weighted by atomic mass is 127. The maximum absolute atomic E-state index is 11.3. The Bertz CT molecular complexity index is 367. The normalized spacial score (nSPS) is 10.3. The van der Waals surface area contributed by atoms with Crippen molar-refractivity contribution in [3.05, 3.63) is 20.3 Å². The van der Waals surface area contributed by atoms with Gasteiger partial charge in [0.05, 0.1) is 6.33 Å². The van der Waals surface area contributed by atoms with Gasteiger partial charge in [-0.15, -0.1) is 0 Å². The van der Waals surface area contributed by atoms with Gasteiger partial charge < -0.3 is 14.6 Å². The molecule has 0 bridgehead atoms. The van der Waals surface area contributed by atoms with Crippen molar-refractivity contribution in [2.24, 2.45) is 0 Å². The van der Waals surface area contributed by atoms with Gasteiger partial charge in [0.1, 0.15) is 9.39 Å². The summed E-state index contributed by atoms with van der Waals surface area (Å²) in [7, 11) is 3.59. The molecule has 1 aromatic rings. The number of hydrogen-bond donors (Lipinski definition) is 1. The van der Waals surface area contributed by atoms with Gasteiger partial charge in [0, 0.05) is 27.3 Å². The van der Waals surface area contributed by atoms with Crippen molar-refractivity contribution in [1.29, 1.82) is 0 Å². The molecule has 0 saturated heterocycles. The molecule has 1 heterocycles. The van der Waals surface area contributed by atoms with E-state index in [0.717, 1.165) is 18.8 Å². The highest BCUT2D eigenvalue weighted by molar-refractivity contribution is 14.1. The SMILES string of the molecule is COCCCN(C)c1nc[nH]c(=O)c1I. The molecule has 6 heteroatoms. The zero-order chi connectivity index (χ0) is 11.3. The number of aromatic amines is 1. The van der Waals surface area contributed by atoms with Gasteiger partial charge >= 0.3 is 0 Å². The fraction of sp³-hybridized carbons (Fsp3) is 0.556. The predicted octanol–water partition coefficient (Wildman–Crippen LogP) is 0.847. The van der Waals surface area contributed by atoms with E-state index in [0.29, 0.717) is 10.2 Å². The molecule has 0 aliphatic rings. The van der Waals surface area contributed by atoms with Crippen molar-refractivity contribution >= 4 is 28.4 Å². The van der Waals surface area contributed by atoms with E-state index in [1.54, 1.807) is 7.11 Å². The van der Waals surface area contributed by atoms with Crippen molar-refractivity contribution in [3.8, 4) is 0 Å². The molecule has 0 fully saturated rings. The molecule has 84 valence electrons. The Hall–Kier alpha value is -0.630. The third-order valence-corrected chi connectivity index (χ3v) is 2.95. The molecule has 0 radical (unpaired) electrons. The number of nitrogens with zero attached hydrogens (tertiary/aromatic N) is 2. The van der Waals surface area contributed by atoms with Crippen LogP contribution in [0.25, 0.3) is 0 Å². The number of aromatic nitrogens is 2. The fourth-order valence-electron chi connectivity index (χ4n) is 1.19. The Morgan fingerprint density at radius 3 is 3.07 bits per heavy atom. The predicted molar refractivity (Wildman–Crippen MR) is 67.3 cm³/mol. The van der Waals surface area contributed by atoms with E-state index in [-0.39, 0.29) is 5.56 Å². The van der Waals surface area contributed by atoms with Gasteiger partial charge in [-0.3, -0.25) is 4.79 Å². The quantitative estimate of drug-likeness (QED) is 0.645. The first kappa shape index (κ1) is 12.4. The van der Waals surface area contributed by atoms with E-state index < -0.39 is 0 Å². The minimum absolute atomic E-state index is 0.0980. The molecule has 0 aliphatic heterocycles. The second-order valence-corrected chi connectivity index (χ2v) is 4.22. The van der Waals surface area contributed by atoms with Crippen molar-refractivity contribution < 1.29 is 4.74 Å². The number of ether oxygens (including phenoxy) is 1. The molecule has 15 heavy (non-hydrogen) atoms. The number of H-pyrrole nitrogens is 1. The van der Waals surface area contributed by atoms with Crippen LogP contribution in [0.5, 0.6) is 0 Å². The molecule has 0 saturated carbocycles. The van der Waals surface area contributed by atoms with Crippen LogP contribution in [0.3, 0.4) is 0 Å². The molecule has 0 atom stereocenters. The highest BCUT2D eigenvalue weighted by Gasteiger charge is 2.09. The summed E-state index contributed by atoms with van der Waals surface area (Å²) in [5.74, 6) is 0.718. The first-order valence-corrected chi connectivity index (χ1v) is 5.68. The Labute approximate surface area is 102 Å². The van der Waals surface area contributed by atoms with Crippen LogP contribution in [-0.4, -0.2) is 37.3 Å². The van der Waals surface area contributed by atoms with Crippen LogP contribution in [0.4, 0.5) is 5.82 Å². The Balaban J connectivity index is 2.69. The molecule has 5 nitrogen and oxygen atoms in total. The molecule has 0 aliphatic carbocycles. The smallest absolute Gasteiger partial charge is 0.266 e. The lowest BCUT2D eigenvalue weighted by molar-refractivity contribution is 0.196. The summed E-state index contributed by atoms with van der Waals surface area (Å²) >= 11 is 2.00. The van der Waals surface area contributed by atoms with E-state index in [1.165, 1.54) is 6.33 Å². The van der Waals surface area contributed by atoms with Gasteiger partial charge in [-0.1, -0.05) is 0 Å². The second-order valence-electron chi connectivity index (χ2n) is 3.14. The average Bonchev–Trinajstić information content (AvgIpc) is 2.22. The van der Waals surface area contributed by atoms with E-state index in [1.807, 2.05) is 34.5 Å². The third-order valence-electron chi connectivity index (χ3n) is 1.98. The third kappa shape index (κ3) is 3.45.